The lowest BCUT2D eigenvalue weighted by atomic mass is 10.2. The maximum Gasteiger partial charge on any atom is 0.144 e. The minimum Gasteiger partial charge on any atom is -0.371 e. The standard InChI is InChI=1S/C12H14ClN3/c13-12-8-11(7-10(9-14)15-12)16-5-3-1-2-4-6-16/h7-8H,1-6H2. The Bertz CT molecular complexity index is 403. The van der Waals surface area contributed by atoms with E-state index in [-0.39, 0.29) is 0 Å². The zero-order valence-corrected chi connectivity index (χ0v) is 9.87. The van der Waals surface area contributed by atoms with Crippen molar-refractivity contribution in [2.45, 2.75) is 25.7 Å². The molecule has 0 atom stereocenters. The van der Waals surface area contributed by atoms with E-state index in [2.05, 4.69) is 9.88 Å². The van der Waals surface area contributed by atoms with Gasteiger partial charge in [-0.3, -0.25) is 0 Å². The molecule has 0 amide bonds. The Labute approximate surface area is 101 Å². The van der Waals surface area contributed by atoms with Crippen molar-refractivity contribution < 1.29 is 0 Å². The van der Waals surface area contributed by atoms with Crippen molar-refractivity contribution in [2.75, 3.05) is 18.0 Å². The molecule has 0 N–H and O–H groups in total. The molecule has 0 unspecified atom stereocenters. The molecular weight excluding hydrogens is 222 g/mol. The van der Waals surface area contributed by atoms with Crippen LogP contribution in [0.3, 0.4) is 0 Å². The Kier molecular flexibility index (Phi) is 3.63. The van der Waals surface area contributed by atoms with Crippen LogP contribution in [0.25, 0.3) is 0 Å². The molecule has 4 heteroatoms. The molecule has 1 aromatic heterocycles. The number of anilines is 1. The first-order valence-electron chi connectivity index (χ1n) is 5.62. The highest BCUT2D eigenvalue weighted by molar-refractivity contribution is 6.29. The second kappa shape index (κ2) is 5.18. The van der Waals surface area contributed by atoms with Crippen LogP contribution in [-0.2, 0) is 0 Å². The second-order valence-corrected chi connectivity index (χ2v) is 4.43. The smallest absolute Gasteiger partial charge is 0.144 e. The first-order valence-corrected chi connectivity index (χ1v) is 6.00. The fourth-order valence-electron chi connectivity index (χ4n) is 2.05. The van der Waals surface area contributed by atoms with Crippen molar-refractivity contribution in [1.82, 2.24) is 4.98 Å². The molecule has 0 aliphatic carbocycles. The summed E-state index contributed by atoms with van der Waals surface area (Å²) in [5.41, 5.74) is 1.42. The molecule has 16 heavy (non-hydrogen) atoms. The van der Waals surface area contributed by atoms with Crippen molar-refractivity contribution in [3.8, 4) is 6.07 Å². The molecule has 0 spiro atoms. The molecule has 1 aromatic rings. The number of rotatable bonds is 1. The Morgan fingerprint density at radius 1 is 1.19 bits per heavy atom. The Balaban J connectivity index is 2.24. The van der Waals surface area contributed by atoms with Gasteiger partial charge in [0.1, 0.15) is 16.9 Å². The maximum atomic E-state index is 8.85. The molecule has 1 aliphatic rings. The van der Waals surface area contributed by atoms with Crippen LogP contribution in [-0.4, -0.2) is 18.1 Å². The molecule has 0 saturated carbocycles. The average Bonchev–Trinajstić information content (AvgIpc) is 2.56. The molecule has 2 heterocycles. The molecule has 0 radical (unpaired) electrons. The quantitative estimate of drug-likeness (QED) is 0.703. The van der Waals surface area contributed by atoms with Gasteiger partial charge in [0.25, 0.3) is 0 Å². The van der Waals surface area contributed by atoms with E-state index >= 15 is 0 Å². The second-order valence-electron chi connectivity index (χ2n) is 4.05. The van der Waals surface area contributed by atoms with Gasteiger partial charge >= 0.3 is 0 Å². The molecule has 3 nitrogen and oxygen atoms in total. The minimum atomic E-state index is 0.395. The molecule has 2 rings (SSSR count). The largest absolute Gasteiger partial charge is 0.371 e. The Morgan fingerprint density at radius 3 is 2.50 bits per heavy atom. The predicted molar refractivity (Wildman–Crippen MR) is 64.6 cm³/mol. The third kappa shape index (κ3) is 2.65. The lowest BCUT2D eigenvalue weighted by Crippen LogP contribution is -2.23. The van der Waals surface area contributed by atoms with E-state index in [0.29, 0.717) is 10.8 Å². The summed E-state index contributed by atoms with van der Waals surface area (Å²) in [4.78, 5) is 6.24. The first-order chi connectivity index (χ1) is 7.79. The summed E-state index contributed by atoms with van der Waals surface area (Å²) in [6.07, 6.45) is 5.00. The lowest BCUT2D eigenvalue weighted by molar-refractivity contribution is 0.726. The van der Waals surface area contributed by atoms with Crippen LogP contribution in [0.2, 0.25) is 5.15 Å². The zero-order chi connectivity index (χ0) is 11.4. The third-order valence-corrected chi connectivity index (χ3v) is 3.06. The van der Waals surface area contributed by atoms with Crippen LogP contribution >= 0.6 is 11.6 Å². The van der Waals surface area contributed by atoms with Crippen LogP contribution in [0.4, 0.5) is 5.69 Å². The number of hydrogen-bond acceptors (Lipinski definition) is 3. The number of nitriles is 1. The highest BCUT2D eigenvalue weighted by Gasteiger charge is 2.11. The van der Waals surface area contributed by atoms with Gasteiger partial charge in [-0.25, -0.2) is 4.98 Å². The van der Waals surface area contributed by atoms with Crippen molar-refractivity contribution in [3.05, 3.63) is 23.0 Å². The van der Waals surface area contributed by atoms with Gasteiger partial charge in [-0.1, -0.05) is 24.4 Å². The van der Waals surface area contributed by atoms with Gasteiger partial charge in [0, 0.05) is 18.8 Å². The molecule has 1 saturated heterocycles. The van der Waals surface area contributed by atoms with Gasteiger partial charge in [0.05, 0.1) is 0 Å². The first kappa shape index (κ1) is 11.2. The van der Waals surface area contributed by atoms with E-state index in [4.69, 9.17) is 16.9 Å². The topological polar surface area (TPSA) is 39.9 Å². The van der Waals surface area contributed by atoms with Crippen LogP contribution in [0.15, 0.2) is 12.1 Å². The molecule has 1 aliphatic heterocycles. The molecule has 1 fully saturated rings. The van der Waals surface area contributed by atoms with E-state index < -0.39 is 0 Å². The molecular formula is C12H14ClN3. The average molecular weight is 236 g/mol. The number of nitrogens with zero attached hydrogens (tertiary/aromatic N) is 3. The van der Waals surface area contributed by atoms with Gasteiger partial charge in [-0.15, -0.1) is 0 Å². The summed E-state index contributed by atoms with van der Waals surface area (Å²) >= 11 is 5.90. The number of halogens is 1. The predicted octanol–water partition coefficient (Wildman–Crippen LogP) is 2.99. The molecule has 0 aromatic carbocycles. The normalized spacial score (nSPS) is 16.6. The summed E-state index contributed by atoms with van der Waals surface area (Å²) in [5.74, 6) is 0. The van der Waals surface area contributed by atoms with Crippen molar-refractivity contribution in [3.63, 3.8) is 0 Å². The van der Waals surface area contributed by atoms with E-state index in [1.54, 1.807) is 0 Å². The van der Waals surface area contributed by atoms with Gasteiger partial charge < -0.3 is 4.90 Å². The SMILES string of the molecule is N#Cc1cc(N2CCCCCC2)cc(Cl)n1. The lowest BCUT2D eigenvalue weighted by Gasteiger charge is -2.22. The third-order valence-electron chi connectivity index (χ3n) is 2.86. The minimum absolute atomic E-state index is 0.395. The zero-order valence-electron chi connectivity index (χ0n) is 9.12. The molecule has 84 valence electrons. The van der Waals surface area contributed by atoms with E-state index in [1.165, 1.54) is 25.7 Å². The van der Waals surface area contributed by atoms with Gasteiger partial charge in [-0.2, -0.15) is 5.26 Å². The Morgan fingerprint density at radius 2 is 1.88 bits per heavy atom. The van der Waals surface area contributed by atoms with Gasteiger partial charge in [-0.05, 0) is 25.0 Å². The summed E-state index contributed by atoms with van der Waals surface area (Å²) in [7, 11) is 0. The molecule has 0 bridgehead atoms. The van der Waals surface area contributed by atoms with Gasteiger partial charge in [0.2, 0.25) is 0 Å². The van der Waals surface area contributed by atoms with Crippen molar-refractivity contribution >= 4 is 17.3 Å². The van der Waals surface area contributed by atoms with Gasteiger partial charge in [0.15, 0.2) is 0 Å². The fourth-order valence-corrected chi connectivity index (χ4v) is 2.25. The summed E-state index contributed by atoms with van der Waals surface area (Å²) in [5, 5.41) is 9.25. The van der Waals surface area contributed by atoms with Crippen LogP contribution in [0.5, 0.6) is 0 Å². The Hall–Kier alpha value is -1.27. The number of hydrogen-bond donors (Lipinski definition) is 0. The van der Waals surface area contributed by atoms with E-state index in [9.17, 15) is 0 Å². The van der Waals surface area contributed by atoms with E-state index in [0.717, 1.165) is 18.8 Å². The maximum absolute atomic E-state index is 8.85. The number of aromatic nitrogens is 1. The van der Waals surface area contributed by atoms with Crippen molar-refractivity contribution in [1.29, 1.82) is 5.26 Å². The summed E-state index contributed by atoms with van der Waals surface area (Å²) in [6, 6.07) is 5.70. The highest BCUT2D eigenvalue weighted by atomic mass is 35.5. The summed E-state index contributed by atoms with van der Waals surface area (Å²) < 4.78 is 0. The monoisotopic (exact) mass is 235 g/mol. The highest BCUT2D eigenvalue weighted by Crippen LogP contribution is 2.22. The van der Waals surface area contributed by atoms with Crippen LogP contribution in [0, 0.1) is 11.3 Å². The fraction of sp³-hybridized carbons (Fsp3) is 0.500. The van der Waals surface area contributed by atoms with Crippen molar-refractivity contribution in [2.24, 2.45) is 0 Å². The van der Waals surface area contributed by atoms with Crippen LogP contribution < -0.4 is 4.90 Å². The van der Waals surface area contributed by atoms with Crippen LogP contribution in [0.1, 0.15) is 31.4 Å². The number of pyridine rings is 1. The summed E-state index contributed by atoms with van der Waals surface area (Å²) in [6.45, 7) is 2.09. The van der Waals surface area contributed by atoms with E-state index in [1.807, 2.05) is 18.2 Å².